The summed E-state index contributed by atoms with van der Waals surface area (Å²) in [4.78, 5) is 4.36. The average Bonchev–Trinajstić information content (AvgIpc) is 3.18. The molecular formula is C18H17F2N5. The standard InChI is InChI=1S/C18H17F2N5/c1-9(2)25-17(11-6-10(3)14-12(7-11)8-22-23-14)16-15(24-25)13(18(19)20)4-5-21-16/h4-9,18H,1-3H3,(H,22,23). The Bertz CT molecular complexity index is 1080. The highest BCUT2D eigenvalue weighted by atomic mass is 19.3. The van der Waals surface area contributed by atoms with Gasteiger partial charge in [-0.3, -0.25) is 14.8 Å². The van der Waals surface area contributed by atoms with E-state index in [1.54, 1.807) is 10.9 Å². The van der Waals surface area contributed by atoms with Crippen LogP contribution in [0.3, 0.4) is 0 Å². The van der Waals surface area contributed by atoms with Crippen LogP contribution in [-0.4, -0.2) is 25.0 Å². The van der Waals surface area contributed by atoms with Gasteiger partial charge in [-0.05, 0) is 44.5 Å². The van der Waals surface area contributed by atoms with Gasteiger partial charge < -0.3 is 0 Å². The van der Waals surface area contributed by atoms with E-state index >= 15 is 0 Å². The zero-order chi connectivity index (χ0) is 17.7. The Labute approximate surface area is 142 Å². The molecule has 1 N–H and O–H groups in total. The number of fused-ring (bicyclic) bond motifs is 2. The maximum atomic E-state index is 13.4. The lowest BCUT2D eigenvalue weighted by molar-refractivity contribution is 0.153. The predicted octanol–water partition coefficient (Wildman–Crippen LogP) is 4.80. The van der Waals surface area contributed by atoms with Crippen LogP contribution in [0.4, 0.5) is 8.78 Å². The Balaban J connectivity index is 2.08. The Morgan fingerprint density at radius 3 is 2.68 bits per heavy atom. The Morgan fingerprint density at radius 2 is 1.96 bits per heavy atom. The molecule has 25 heavy (non-hydrogen) atoms. The van der Waals surface area contributed by atoms with Gasteiger partial charge in [0.2, 0.25) is 0 Å². The molecule has 128 valence electrons. The van der Waals surface area contributed by atoms with E-state index in [2.05, 4.69) is 20.3 Å². The quantitative estimate of drug-likeness (QED) is 0.582. The van der Waals surface area contributed by atoms with E-state index in [4.69, 9.17) is 0 Å². The molecular weight excluding hydrogens is 324 g/mol. The van der Waals surface area contributed by atoms with Gasteiger partial charge in [0.15, 0.2) is 0 Å². The van der Waals surface area contributed by atoms with Crippen molar-refractivity contribution in [2.45, 2.75) is 33.2 Å². The number of H-pyrrole nitrogens is 1. The SMILES string of the molecule is Cc1cc(-c2c3nccc(C(F)F)c3nn2C(C)C)cc2cn[nH]c12. The van der Waals surface area contributed by atoms with E-state index in [9.17, 15) is 8.78 Å². The zero-order valence-electron chi connectivity index (χ0n) is 14.1. The van der Waals surface area contributed by atoms with Crippen LogP contribution in [0, 0.1) is 6.92 Å². The molecule has 7 heteroatoms. The topological polar surface area (TPSA) is 59.4 Å². The number of aromatic amines is 1. The minimum atomic E-state index is -2.59. The fourth-order valence-corrected chi connectivity index (χ4v) is 3.20. The van der Waals surface area contributed by atoms with Gasteiger partial charge in [0, 0.05) is 28.8 Å². The van der Waals surface area contributed by atoms with Crippen LogP contribution in [0.5, 0.6) is 0 Å². The van der Waals surface area contributed by atoms with Gasteiger partial charge >= 0.3 is 0 Å². The zero-order valence-corrected chi connectivity index (χ0v) is 14.1. The van der Waals surface area contributed by atoms with Gasteiger partial charge in [0.1, 0.15) is 11.0 Å². The summed E-state index contributed by atoms with van der Waals surface area (Å²) in [5, 5.41) is 12.5. The van der Waals surface area contributed by atoms with E-state index in [1.807, 2.05) is 32.9 Å². The lowest BCUT2D eigenvalue weighted by Crippen LogP contribution is -2.05. The van der Waals surface area contributed by atoms with Gasteiger partial charge in [-0.15, -0.1) is 0 Å². The average molecular weight is 341 g/mol. The number of rotatable bonds is 3. The van der Waals surface area contributed by atoms with E-state index in [0.717, 1.165) is 27.7 Å². The Morgan fingerprint density at radius 1 is 1.16 bits per heavy atom. The van der Waals surface area contributed by atoms with Crippen molar-refractivity contribution < 1.29 is 8.78 Å². The van der Waals surface area contributed by atoms with Crippen LogP contribution < -0.4 is 0 Å². The van der Waals surface area contributed by atoms with Gasteiger partial charge in [0.05, 0.1) is 17.4 Å². The minimum absolute atomic E-state index is 0.00933. The molecule has 5 nitrogen and oxygen atoms in total. The van der Waals surface area contributed by atoms with Gasteiger partial charge in [-0.1, -0.05) is 0 Å². The van der Waals surface area contributed by atoms with Gasteiger partial charge in [0.25, 0.3) is 6.43 Å². The van der Waals surface area contributed by atoms with Crippen molar-refractivity contribution in [3.05, 3.63) is 41.7 Å². The molecule has 4 aromatic rings. The number of benzene rings is 1. The van der Waals surface area contributed by atoms with E-state index in [1.165, 1.54) is 12.3 Å². The second-order valence-corrected chi connectivity index (χ2v) is 6.41. The number of alkyl halides is 2. The van der Waals surface area contributed by atoms with Crippen LogP contribution in [0.25, 0.3) is 33.2 Å². The van der Waals surface area contributed by atoms with Crippen LogP contribution in [-0.2, 0) is 0 Å². The lowest BCUT2D eigenvalue weighted by Gasteiger charge is -2.12. The largest absolute Gasteiger partial charge is 0.278 e. The normalized spacial score (nSPS) is 12.1. The van der Waals surface area contributed by atoms with Crippen molar-refractivity contribution in [1.29, 1.82) is 0 Å². The molecule has 0 atom stereocenters. The highest BCUT2D eigenvalue weighted by molar-refractivity contribution is 5.95. The molecule has 3 aromatic heterocycles. The van der Waals surface area contributed by atoms with E-state index < -0.39 is 6.43 Å². The molecule has 0 radical (unpaired) electrons. The molecule has 3 heterocycles. The molecule has 0 spiro atoms. The first-order valence-corrected chi connectivity index (χ1v) is 8.06. The van der Waals surface area contributed by atoms with Crippen LogP contribution in [0.2, 0.25) is 0 Å². The second-order valence-electron chi connectivity index (χ2n) is 6.41. The number of nitrogens with one attached hydrogen (secondary N) is 1. The third kappa shape index (κ3) is 2.38. The highest BCUT2D eigenvalue weighted by Crippen LogP contribution is 2.35. The number of hydrogen-bond acceptors (Lipinski definition) is 3. The summed E-state index contributed by atoms with van der Waals surface area (Å²) in [7, 11) is 0. The fourth-order valence-electron chi connectivity index (χ4n) is 3.20. The Hall–Kier alpha value is -2.83. The van der Waals surface area contributed by atoms with Crippen LogP contribution in [0.15, 0.2) is 30.6 Å². The van der Waals surface area contributed by atoms with Gasteiger partial charge in [-0.2, -0.15) is 10.2 Å². The molecule has 0 bridgehead atoms. The van der Waals surface area contributed by atoms with Crippen LogP contribution >= 0.6 is 0 Å². The van der Waals surface area contributed by atoms with E-state index in [0.29, 0.717) is 5.52 Å². The molecule has 0 fully saturated rings. The number of hydrogen-bond donors (Lipinski definition) is 1. The fraction of sp³-hybridized carbons (Fsp3) is 0.278. The minimum Gasteiger partial charge on any atom is -0.278 e. The Kier molecular flexibility index (Phi) is 3.52. The summed E-state index contributed by atoms with van der Waals surface area (Å²) in [6.07, 6.45) is 0.581. The second kappa shape index (κ2) is 5.61. The predicted molar refractivity (Wildman–Crippen MR) is 92.7 cm³/mol. The summed E-state index contributed by atoms with van der Waals surface area (Å²) in [5.74, 6) is 0. The summed E-state index contributed by atoms with van der Waals surface area (Å²) in [5.41, 5.74) is 4.29. The first-order chi connectivity index (χ1) is 12.0. The number of pyridine rings is 1. The molecule has 0 saturated heterocycles. The first-order valence-electron chi connectivity index (χ1n) is 8.06. The molecule has 0 aliphatic carbocycles. The number of aromatic nitrogens is 5. The van der Waals surface area contributed by atoms with Crippen molar-refractivity contribution in [2.24, 2.45) is 0 Å². The highest BCUT2D eigenvalue weighted by Gasteiger charge is 2.22. The molecule has 0 aliphatic heterocycles. The molecule has 4 rings (SSSR count). The van der Waals surface area contributed by atoms with Crippen molar-refractivity contribution in [3.63, 3.8) is 0 Å². The van der Waals surface area contributed by atoms with Crippen molar-refractivity contribution >= 4 is 21.9 Å². The maximum Gasteiger partial charge on any atom is 0.266 e. The van der Waals surface area contributed by atoms with Gasteiger partial charge in [-0.25, -0.2) is 8.78 Å². The monoisotopic (exact) mass is 341 g/mol. The number of nitrogens with zero attached hydrogens (tertiary/aromatic N) is 4. The summed E-state index contributed by atoms with van der Waals surface area (Å²) >= 11 is 0. The number of aryl methyl sites for hydroxylation is 1. The molecule has 0 unspecified atom stereocenters. The molecule has 0 aliphatic rings. The first kappa shape index (κ1) is 15.7. The van der Waals surface area contributed by atoms with Crippen molar-refractivity contribution in [3.8, 4) is 11.3 Å². The van der Waals surface area contributed by atoms with Crippen LogP contribution in [0.1, 0.15) is 37.4 Å². The maximum absolute atomic E-state index is 13.4. The van der Waals surface area contributed by atoms with Crippen molar-refractivity contribution in [2.75, 3.05) is 0 Å². The third-order valence-electron chi connectivity index (χ3n) is 4.36. The summed E-state index contributed by atoms with van der Waals surface area (Å²) < 4.78 is 28.5. The molecule has 0 amide bonds. The van der Waals surface area contributed by atoms with Crippen molar-refractivity contribution in [1.82, 2.24) is 25.0 Å². The summed E-state index contributed by atoms with van der Waals surface area (Å²) in [6.45, 7) is 5.93. The van der Waals surface area contributed by atoms with E-state index in [-0.39, 0.29) is 17.1 Å². The molecule has 1 aromatic carbocycles. The number of halogens is 2. The lowest BCUT2D eigenvalue weighted by atomic mass is 10.0. The third-order valence-corrected chi connectivity index (χ3v) is 4.36. The molecule has 0 saturated carbocycles. The summed E-state index contributed by atoms with van der Waals surface area (Å²) in [6, 6.07) is 5.33. The smallest absolute Gasteiger partial charge is 0.266 e.